The molecular formula is C15H19NO4. The van der Waals surface area contributed by atoms with Crippen molar-refractivity contribution in [3.63, 3.8) is 0 Å². The van der Waals surface area contributed by atoms with Gasteiger partial charge in [-0.1, -0.05) is 6.42 Å². The molecule has 5 heteroatoms. The fourth-order valence-electron chi connectivity index (χ4n) is 2.55. The Morgan fingerprint density at radius 1 is 1.30 bits per heavy atom. The number of hydrogen-bond acceptors (Lipinski definition) is 3. The highest BCUT2D eigenvalue weighted by Gasteiger charge is 2.33. The minimum atomic E-state index is -0.834. The van der Waals surface area contributed by atoms with E-state index in [1.54, 1.807) is 24.3 Å². The Kier molecular flexibility index (Phi) is 4.61. The summed E-state index contributed by atoms with van der Waals surface area (Å²) >= 11 is 0. The van der Waals surface area contributed by atoms with Gasteiger partial charge in [0, 0.05) is 11.6 Å². The van der Waals surface area contributed by atoms with Crippen molar-refractivity contribution in [2.45, 2.75) is 32.2 Å². The maximum absolute atomic E-state index is 12.1. The van der Waals surface area contributed by atoms with Gasteiger partial charge >= 0.3 is 5.97 Å². The molecule has 0 aliphatic heterocycles. The van der Waals surface area contributed by atoms with Gasteiger partial charge in [0.2, 0.25) is 0 Å². The van der Waals surface area contributed by atoms with Crippen LogP contribution in [0.1, 0.15) is 36.5 Å². The summed E-state index contributed by atoms with van der Waals surface area (Å²) in [6.07, 6.45) is 2.19. The van der Waals surface area contributed by atoms with E-state index in [0.717, 1.165) is 12.8 Å². The van der Waals surface area contributed by atoms with Gasteiger partial charge < -0.3 is 15.2 Å². The third kappa shape index (κ3) is 3.29. The molecule has 1 saturated carbocycles. The van der Waals surface area contributed by atoms with Crippen molar-refractivity contribution >= 4 is 11.9 Å². The first-order valence-corrected chi connectivity index (χ1v) is 6.88. The Bertz CT molecular complexity index is 483. The number of carboxylic acids is 1. The van der Waals surface area contributed by atoms with Crippen molar-refractivity contribution in [2.24, 2.45) is 5.92 Å². The van der Waals surface area contributed by atoms with Gasteiger partial charge in [0.05, 0.1) is 12.5 Å². The van der Waals surface area contributed by atoms with Gasteiger partial charge in [0.15, 0.2) is 0 Å². The van der Waals surface area contributed by atoms with Crippen molar-refractivity contribution in [1.29, 1.82) is 0 Å². The lowest BCUT2D eigenvalue weighted by molar-refractivity contribution is -0.142. The predicted octanol–water partition coefficient (Wildman–Crippen LogP) is 2.07. The predicted molar refractivity (Wildman–Crippen MR) is 73.8 cm³/mol. The van der Waals surface area contributed by atoms with E-state index in [-0.39, 0.29) is 11.9 Å². The SMILES string of the molecule is CCOc1ccc(C(=O)NC2CCCC2C(=O)O)cc1. The van der Waals surface area contributed by atoms with Crippen molar-refractivity contribution in [1.82, 2.24) is 5.32 Å². The van der Waals surface area contributed by atoms with Crippen LogP contribution in [0.2, 0.25) is 0 Å². The Hall–Kier alpha value is -2.04. The monoisotopic (exact) mass is 277 g/mol. The number of carbonyl (C=O) groups excluding carboxylic acids is 1. The maximum Gasteiger partial charge on any atom is 0.308 e. The Labute approximate surface area is 117 Å². The smallest absolute Gasteiger partial charge is 0.308 e. The number of rotatable bonds is 5. The lowest BCUT2D eigenvalue weighted by Gasteiger charge is -2.17. The Balaban J connectivity index is 1.99. The summed E-state index contributed by atoms with van der Waals surface area (Å²) in [5.74, 6) is -0.819. The molecular weight excluding hydrogens is 258 g/mol. The first kappa shape index (κ1) is 14.4. The molecule has 108 valence electrons. The van der Waals surface area contributed by atoms with Gasteiger partial charge in [-0.15, -0.1) is 0 Å². The quantitative estimate of drug-likeness (QED) is 0.864. The molecule has 1 aromatic carbocycles. The molecule has 20 heavy (non-hydrogen) atoms. The van der Waals surface area contributed by atoms with Crippen molar-refractivity contribution < 1.29 is 19.4 Å². The molecule has 1 aliphatic carbocycles. The molecule has 2 atom stereocenters. The summed E-state index contributed by atoms with van der Waals surface area (Å²) in [5, 5.41) is 11.9. The fraction of sp³-hybridized carbons (Fsp3) is 0.467. The van der Waals surface area contributed by atoms with Gasteiger partial charge in [0.25, 0.3) is 5.91 Å². The topological polar surface area (TPSA) is 75.6 Å². The van der Waals surface area contributed by atoms with Gasteiger partial charge in [-0.25, -0.2) is 0 Å². The van der Waals surface area contributed by atoms with E-state index in [1.807, 2.05) is 6.92 Å². The van der Waals surface area contributed by atoms with Crippen LogP contribution >= 0.6 is 0 Å². The minimum absolute atomic E-state index is 0.230. The van der Waals surface area contributed by atoms with Crippen LogP contribution in [0.4, 0.5) is 0 Å². The summed E-state index contributed by atoms with van der Waals surface area (Å²) in [5.41, 5.74) is 0.518. The highest BCUT2D eigenvalue weighted by Crippen LogP contribution is 2.26. The summed E-state index contributed by atoms with van der Waals surface area (Å²) < 4.78 is 5.31. The Morgan fingerprint density at radius 2 is 2.00 bits per heavy atom. The zero-order valence-electron chi connectivity index (χ0n) is 11.5. The van der Waals surface area contributed by atoms with Crippen LogP contribution < -0.4 is 10.1 Å². The highest BCUT2D eigenvalue weighted by molar-refractivity contribution is 5.94. The lowest BCUT2D eigenvalue weighted by atomic mass is 10.0. The molecule has 1 fully saturated rings. The van der Waals surface area contributed by atoms with E-state index < -0.39 is 11.9 Å². The molecule has 0 bridgehead atoms. The zero-order chi connectivity index (χ0) is 14.5. The van der Waals surface area contributed by atoms with E-state index in [0.29, 0.717) is 24.3 Å². The van der Waals surface area contributed by atoms with E-state index in [1.165, 1.54) is 0 Å². The van der Waals surface area contributed by atoms with E-state index in [4.69, 9.17) is 9.84 Å². The van der Waals surface area contributed by atoms with Crippen LogP contribution in [-0.2, 0) is 4.79 Å². The van der Waals surface area contributed by atoms with Crippen molar-refractivity contribution in [2.75, 3.05) is 6.61 Å². The molecule has 2 unspecified atom stereocenters. The number of amides is 1. The lowest BCUT2D eigenvalue weighted by Crippen LogP contribution is -2.40. The van der Waals surface area contributed by atoms with Crippen molar-refractivity contribution in [3.8, 4) is 5.75 Å². The first-order chi connectivity index (χ1) is 9.61. The molecule has 2 rings (SSSR count). The molecule has 2 N–H and O–H groups in total. The third-order valence-corrected chi connectivity index (χ3v) is 3.58. The summed E-state index contributed by atoms with van der Waals surface area (Å²) in [6.45, 7) is 2.47. The van der Waals surface area contributed by atoms with Crippen molar-refractivity contribution in [3.05, 3.63) is 29.8 Å². The standard InChI is InChI=1S/C15H19NO4/c1-2-20-11-8-6-10(7-9-11)14(17)16-13-5-3-4-12(13)15(18)19/h6-9,12-13H,2-5H2,1H3,(H,16,17)(H,18,19). The van der Waals surface area contributed by atoms with E-state index in [2.05, 4.69) is 5.32 Å². The van der Waals surface area contributed by atoms with Crippen LogP contribution in [0.25, 0.3) is 0 Å². The second-order valence-electron chi connectivity index (χ2n) is 4.91. The second-order valence-corrected chi connectivity index (χ2v) is 4.91. The third-order valence-electron chi connectivity index (χ3n) is 3.58. The molecule has 0 spiro atoms. The molecule has 1 aliphatic rings. The molecule has 0 heterocycles. The van der Waals surface area contributed by atoms with Crippen LogP contribution in [0.15, 0.2) is 24.3 Å². The van der Waals surface area contributed by atoms with Crippen LogP contribution in [-0.4, -0.2) is 29.6 Å². The van der Waals surface area contributed by atoms with Gasteiger partial charge in [-0.05, 0) is 44.0 Å². The average molecular weight is 277 g/mol. The fourth-order valence-corrected chi connectivity index (χ4v) is 2.55. The number of benzene rings is 1. The normalized spacial score (nSPS) is 21.4. The maximum atomic E-state index is 12.1. The van der Waals surface area contributed by atoms with Gasteiger partial charge in [-0.2, -0.15) is 0 Å². The number of nitrogens with one attached hydrogen (secondary N) is 1. The summed E-state index contributed by atoms with van der Waals surface area (Å²) in [7, 11) is 0. The first-order valence-electron chi connectivity index (χ1n) is 6.88. The summed E-state index contributed by atoms with van der Waals surface area (Å²) in [6, 6.07) is 6.58. The number of carbonyl (C=O) groups is 2. The van der Waals surface area contributed by atoms with E-state index in [9.17, 15) is 9.59 Å². The Morgan fingerprint density at radius 3 is 2.60 bits per heavy atom. The molecule has 1 aromatic rings. The van der Waals surface area contributed by atoms with E-state index >= 15 is 0 Å². The van der Waals surface area contributed by atoms with Crippen LogP contribution in [0, 0.1) is 5.92 Å². The largest absolute Gasteiger partial charge is 0.494 e. The molecule has 5 nitrogen and oxygen atoms in total. The van der Waals surface area contributed by atoms with Crippen LogP contribution in [0.5, 0.6) is 5.75 Å². The van der Waals surface area contributed by atoms with Gasteiger partial charge in [-0.3, -0.25) is 9.59 Å². The number of ether oxygens (including phenoxy) is 1. The number of aliphatic carboxylic acids is 1. The number of carboxylic acid groups (broad SMARTS) is 1. The highest BCUT2D eigenvalue weighted by atomic mass is 16.5. The number of hydrogen-bond donors (Lipinski definition) is 2. The zero-order valence-corrected chi connectivity index (χ0v) is 11.5. The second kappa shape index (κ2) is 6.41. The summed E-state index contributed by atoms with van der Waals surface area (Å²) in [4.78, 5) is 23.2. The molecule has 0 saturated heterocycles. The molecule has 1 amide bonds. The molecule has 0 aromatic heterocycles. The minimum Gasteiger partial charge on any atom is -0.494 e. The average Bonchev–Trinajstić information content (AvgIpc) is 2.88. The van der Waals surface area contributed by atoms with Gasteiger partial charge in [0.1, 0.15) is 5.75 Å². The molecule has 0 radical (unpaired) electrons. The van der Waals surface area contributed by atoms with Crippen LogP contribution in [0.3, 0.4) is 0 Å².